The number of benzene rings is 2. The van der Waals surface area contributed by atoms with Gasteiger partial charge in [0.2, 0.25) is 9.84 Å². The number of rotatable bonds is 3. The van der Waals surface area contributed by atoms with Crippen molar-refractivity contribution >= 4 is 20.0 Å². The Hall–Kier alpha value is -2.10. The molecular weight excluding hydrogens is 332 g/mol. The van der Waals surface area contributed by atoms with Crippen LogP contribution in [0.3, 0.4) is 0 Å². The predicted molar refractivity (Wildman–Crippen MR) is 76.2 cm³/mol. The first-order valence-corrected chi connectivity index (χ1v) is 8.81. The van der Waals surface area contributed by atoms with E-state index in [0.29, 0.717) is 12.1 Å². The number of sulfone groups is 1. The highest BCUT2D eigenvalue weighted by atomic mass is 32.2. The van der Waals surface area contributed by atoms with Crippen LogP contribution in [0, 0.1) is 6.92 Å². The van der Waals surface area contributed by atoms with Crippen LogP contribution >= 0.6 is 0 Å². The molecule has 2 aromatic rings. The SMILES string of the molecule is Cc1ccc(S(=O)(=O)c2cc(O)c(S(=O)(=O)O)cc2O)cc1. The molecule has 0 radical (unpaired) electrons. The van der Waals surface area contributed by atoms with E-state index in [1.54, 1.807) is 19.1 Å². The van der Waals surface area contributed by atoms with Crippen molar-refractivity contribution in [2.45, 2.75) is 21.6 Å². The number of hydrogen-bond donors (Lipinski definition) is 3. The molecule has 9 heteroatoms. The minimum absolute atomic E-state index is 0.132. The van der Waals surface area contributed by atoms with Crippen LogP contribution in [0.2, 0.25) is 0 Å². The van der Waals surface area contributed by atoms with Gasteiger partial charge in [-0.2, -0.15) is 8.42 Å². The van der Waals surface area contributed by atoms with Crippen molar-refractivity contribution < 1.29 is 31.6 Å². The molecule has 3 N–H and O–H groups in total. The molecule has 0 fully saturated rings. The Morgan fingerprint density at radius 3 is 1.77 bits per heavy atom. The minimum Gasteiger partial charge on any atom is -0.507 e. The van der Waals surface area contributed by atoms with E-state index in [-0.39, 0.29) is 4.90 Å². The molecular formula is C13H12O7S2. The van der Waals surface area contributed by atoms with Gasteiger partial charge in [0.25, 0.3) is 10.1 Å². The van der Waals surface area contributed by atoms with Crippen LogP contribution in [0.4, 0.5) is 0 Å². The number of aromatic hydroxyl groups is 2. The van der Waals surface area contributed by atoms with Crippen molar-refractivity contribution in [3.63, 3.8) is 0 Å². The number of aryl methyl sites for hydroxylation is 1. The third kappa shape index (κ3) is 2.91. The molecule has 7 nitrogen and oxygen atoms in total. The summed E-state index contributed by atoms with van der Waals surface area (Å²) in [7, 11) is -8.95. The monoisotopic (exact) mass is 344 g/mol. The van der Waals surface area contributed by atoms with Gasteiger partial charge in [0.15, 0.2) is 0 Å². The first kappa shape index (κ1) is 16.3. The van der Waals surface area contributed by atoms with Crippen LogP contribution in [0.15, 0.2) is 51.1 Å². The minimum atomic E-state index is -4.79. The zero-order chi connectivity index (χ0) is 16.7. The van der Waals surface area contributed by atoms with Crippen LogP contribution in [0.25, 0.3) is 0 Å². The maximum absolute atomic E-state index is 12.4. The van der Waals surface area contributed by atoms with E-state index in [1.807, 2.05) is 0 Å². The van der Waals surface area contributed by atoms with Gasteiger partial charge in [-0.25, -0.2) is 8.42 Å². The molecule has 0 saturated heterocycles. The smallest absolute Gasteiger partial charge is 0.298 e. The summed E-state index contributed by atoms with van der Waals surface area (Å²) in [6.07, 6.45) is 0. The second-order valence-corrected chi connectivity index (χ2v) is 7.89. The fourth-order valence-corrected chi connectivity index (χ4v) is 3.74. The van der Waals surface area contributed by atoms with Crippen LogP contribution in [0.5, 0.6) is 11.5 Å². The van der Waals surface area contributed by atoms with Gasteiger partial charge in [-0.1, -0.05) is 17.7 Å². The second-order valence-electron chi connectivity index (χ2n) is 4.58. The van der Waals surface area contributed by atoms with E-state index < -0.39 is 41.2 Å². The molecule has 0 bridgehead atoms. The Morgan fingerprint density at radius 2 is 1.27 bits per heavy atom. The summed E-state index contributed by atoms with van der Waals surface area (Å²) in [6, 6.07) is 6.79. The Morgan fingerprint density at radius 1 is 0.818 bits per heavy atom. The van der Waals surface area contributed by atoms with Crippen molar-refractivity contribution in [2.75, 3.05) is 0 Å². The maximum Gasteiger partial charge on any atom is 0.298 e. The molecule has 2 aromatic carbocycles. The summed E-state index contributed by atoms with van der Waals surface area (Å²) in [5.41, 5.74) is 0.827. The van der Waals surface area contributed by atoms with Crippen molar-refractivity contribution in [1.29, 1.82) is 0 Å². The van der Waals surface area contributed by atoms with E-state index in [9.17, 15) is 27.0 Å². The standard InChI is InChI=1S/C13H12O7S2/c1-8-2-4-9(5-3-8)21(16,17)12-6-11(15)13(7-10(12)14)22(18,19)20/h2-7,14-15H,1H3,(H,18,19,20). The van der Waals surface area contributed by atoms with Gasteiger partial charge >= 0.3 is 0 Å². The Labute approximate surface area is 127 Å². The first-order valence-electron chi connectivity index (χ1n) is 5.88. The molecule has 0 saturated carbocycles. The van der Waals surface area contributed by atoms with Gasteiger partial charge in [0, 0.05) is 12.1 Å². The second kappa shape index (κ2) is 5.27. The molecule has 0 heterocycles. The van der Waals surface area contributed by atoms with E-state index >= 15 is 0 Å². The van der Waals surface area contributed by atoms with Gasteiger partial charge in [-0.05, 0) is 19.1 Å². The molecule has 0 amide bonds. The van der Waals surface area contributed by atoms with Gasteiger partial charge in [0.05, 0.1) is 4.90 Å². The molecule has 0 aliphatic heterocycles. The maximum atomic E-state index is 12.4. The summed E-state index contributed by atoms with van der Waals surface area (Å²) >= 11 is 0. The topological polar surface area (TPSA) is 129 Å². The van der Waals surface area contributed by atoms with Gasteiger partial charge in [0.1, 0.15) is 21.3 Å². The lowest BCUT2D eigenvalue weighted by Gasteiger charge is -2.09. The third-order valence-electron chi connectivity index (χ3n) is 2.94. The zero-order valence-electron chi connectivity index (χ0n) is 11.3. The normalized spacial score (nSPS) is 12.3. The molecule has 118 valence electrons. The van der Waals surface area contributed by atoms with Gasteiger partial charge in [-0.15, -0.1) is 0 Å². The van der Waals surface area contributed by atoms with E-state index in [1.165, 1.54) is 12.1 Å². The van der Waals surface area contributed by atoms with Crippen LogP contribution in [-0.4, -0.2) is 31.6 Å². The summed E-state index contributed by atoms with van der Waals surface area (Å²) in [5.74, 6) is -1.88. The fraction of sp³-hybridized carbons (Fsp3) is 0.0769. The molecule has 2 rings (SSSR count). The summed E-state index contributed by atoms with van der Waals surface area (Å²) in [4.78, 5) is -1.78. The molecule has 0 aromatic heterocycles. The van der Waals surface area contributed by atoms with Crippen molar-refractivity contribution in [3.8, 4) is 11.5 Å². The lowest BCUT2D eigenvalue weighted by atomic mass is 10.2. The van der Waals surface area contributed by atoms with Crippen molar-refractivity contribution in [1.82, 2.24) is 0 Å². The van der Waals surface area contributed by atoms with Crippen LogP contribution < -0.4 is 0 Å². The van der Waals surface area contributed by atoms with Gasteiger partial charge < -0.3 is 10.2 Å². The van der Waals surface area contributed by atoms with Crippen molar-refractivity contribution in [3.05, 3.63) is 42.0 Å². The summed E-state index contributed by atoms with van der Waals surface area (Å²) in [5, 5.41) is 19.4. The van der Waals surface area contributed by atoms with E-state index in [2.05, 4.69) is 0 Å². The molecule has 0 aliphatic rings. The lowest BCUT2D eigenvalue weighted by molar-refractivity contribution is 0.424. The first-order chi connectivity index (χ1) is 10.0. The predicted octanol–water partition coefficient (Wildman–Crippen LogP) is 1.49. The highest BCUT2D eigenvalue weighted by molar-refractivity contribution is 7.91. The average Bonchev–Trinajstić information content (AvgIpc) is 2.40. The van der Waals surface area contributed by atoms with E-state index in [0.717, 1.165) is 5.56 Å². The number of phenolic OH excluding ortho intramolecular Hbond substituents is 2. The highest BCUT2D eigenvalue weighted by Gasteiger charge is 2.26. The highest BCUT2D eigenvalue weighted by Crippen LogP contribution is 2.36. The van der Waals surface area contributed by atoms with Gasteiger partial charge in [-0.3, -0.25) is 4.55 Å². The van der Waals surface area contributed by atoms with Crippen molar-refractivity contribution in [2.24, 2.45) is 0 Å². The molecule has 0 unspecified atom stereocenters. The van der Waals surface area contributed by atoms with Crippen LogP contribution in [-0.2, 0) is 20.0 Å². The number of hydrogen-bond acceptors (Lipinski definition) is 6. The average molecular weight is 344 g/mol. The van der Waals surface area contributed by atoms with Crippen LogP contribution in [0.1, 0.15) is 5.56 Å². The largest absolute Gasteiger partial charge is 0.507 e. The molecule has 0 atom stereocenters. The Bertz CT molecular complexity index is 927. The number of phenols is 2. The fourth-order valence-electron chi connectivity index (χ4n) is 1.80. The van der Waals surface area contributed by atoms with E-state index in [4.69, 9.17) is 4.55 Å². The summed E-state index contributed by atoms with van der Waals surface area (Å²) < 4.78 is 55.7. The zero-order valence-corrected chi connectivity index (χ0v) is 12.9. The quantitative estimate of drug-likeness (QED) is 0.568. The molecule has 22 heavy (non-hydrogen) atoms. The third-order valence-corrected chi connectivity index (χ3v) is 5.62. The lowest BCUT2D eigenvalue weighted by Crippen LogP contribution is -2.05. The molecule has 0 aliphatic carbocycles. The Balaban J connectivity index is 2.67. The Kier molecular flexibility index (Phi) is 3.90. The molecule has 0 spiro atoms. The summed E-state index contributed by atoms with van der Waals surface area (Å²) in [6.45, 7) is 1.76.